The van der Waals surface area contributed by atoms with Crippen molar-refractivity contribution in [2.75, 3.05) is 14.2 Å². The Labute approximate surface area is 165 Å². The average Bonchev–Trinajstić information content (AvgIpc) is 3.26. The first kappa shape index (κ1) is 19.5. The van der Waals surface area contributed by atoms with E-state index in [-0.39, 0.29) is 6.10 Å². The summed E-state index contributed by atoms with van der Waals surface area (Å²) in [6.45, 7) is 7.64. The number of thiazole rings is 1. The van der Waals surface area contributed by atoms with Gasteiger partial charge in [-0.1, -0.05) is 13.8 Å². The van der Waals surface area contributed by atoms with Crippen molar-refractivity contribution in [3.63, 3.8) is 0 Å². The fourth-order valence-corrected chi connectivity index (χ4v) is 3.94. The number of nitrogens with zero attached hydrogens (tertiary/aromatic N) is 2. The highest BCUT2D eigenvalue weighted by Gasteiger charge is 2.21. The maximum atomic E-state index is 5.87. The number of hydrogen-bond donors (Lipinski definition) is 2. The van der Waals surface area contributed by atoms with Crippen LogP contribution in [0.25, 0.3) is 0 Å². The molecule has 1 aliphatic heterocycles. The van der Waals surface area contributed by atoms with E-state index in [1.807, 2.05) is 0 Å². The smallest absolute Gasteiger partial charge is 0.191 e. The molecule has 2 heterocycles. The largest absolute Gasteiger partial charge is 0.496 e. The van der Waals surface area contributed by atoms with Gasteiger partial charge < -0.3 is 20.1 Å². The average molecular weight is 389 g/mol. The number of fused-ring (bicyclic) bond motifs is 1. The normalized spacial score (nSPS) is 16.2. The minimum atomic E-state index is 0.219. The van der Waals surface area contributed by atoms with E-state index >= 15 is 0 Å². The second-order valence-corrected chi connectivity index (χ2v) is 7.95. The van der Waals surface area contributed by atoms with Crippen LogP contribution < -0.4 is 20.1 Å². The van der Waals surface area contributed by atoms with Gasteiger partial charge in [0.1, 0.15) is 22.6 Å². The zero-order valence-electron chi connectivity index (χ0n) is 16.6. The molecule has 0 amide bonds. The summed E-state index contributed by atoms with van der Waals surface area (Å²) in [7, 11) is 3.47. The minimum Gasteiger partial charge on any atom is -0.496 e. The van der Waals surface area contributed by atoms with Crippen molar-refractivity contribution in [3.8, 4) is 11.5 Å². The summed E-state index contributed by atoms with van der Waals surface area (Å²) in [6.07, 6.45) is 1.14. The summed E-state index contributed by atoms with van der Waals surface area (Å²) in [6, 6.07) is 4.14. The molecule has 0 radical (unpaired) electrons. The Balaban J connectivity index is 1.60. The van der Waals surface area contributed by atoms with Gasteiger partial charge in [-0.25, -0.2) is 4.98 Å². The van der Waals surface area contributed by atoms with Crippen molar-refractivity contribution >= 4 is 17.3 Å². The summed E-state index contributed by atoms with van der Waals surface area (Å²) >= 11 is 1.67. The Morgan fingerprint density at radius 3 is 2.81 bits per heavy atom. The van der Waals surface area contributed by atoms with Gasteiger partial charge in [0.25, 0.3) is 0 Å². The van der Waals surface area contributed by atoms with E-state index in [2.05, 4.69) is 58.9 Å². The van der Waals surface area contributed by atoms with Crippen LogP contribution in [0.1, 0.15) is 48.5 Å². The fourth-order valence-electron chi connectivity index (χ4n) is 3.04. The summed E-state index contributed by atoms with van der Waals surface area (Å²) < 4.78 is 11.4. The van der Waals surface area contributed by atoms with E-state index in [1.165, 1.54) is 5.56 Å². The topological polar surface area (TPSA) is 67.8 Å². The van der Waals surface area contributed by atoms with Crippen molar-refractivity contribution in [2.45, 2.75) is 52.3 Å². The Morgan fingerprint density at radius 1 is 1.37 bits per heavy atom. The Hall–Kier alpha value is -2.28. The number of aromatic nitrogens is 1. The van der Waals surface area contributed by atoms with Crippen LogP contribution in [-0.4, -0.2) is 31.2 Å². The number of ether oxygens (including phenoxy) is 2. The third-order valence-corrected chi connectivity index (χ3v) is 5.40. The molecular weight excluding hydrogens is 360 g/mol. The lowest BCUT2D eigenvalue weighted by atomic mass is 10.1. The van der Waals surface area contributed by atoms with E-state index in [1.54, 1.807) is 25.5 Å². The molecule has 2 aromatic rings. The lowest BCUT2D eigenvalue weighted by Gasteiger charge is -2.14. The number of rotatable bonds is 6. The molecule has 146 valence electrons. The van der Waals surface area contributed by atoms with E-state index in [4.69, 9.17) is 9.47 Å². The van der Waals surface area contributed by atoms with Gasteiger partial charge in [0.15, 0.2) is 5.96 Å². The first-order valence-electron chi connectivity index (χ1n) is 9.25. The van der Waals surface area contributed by atoms with Gasteiger partial charge in [0.2, 0.25) is 0 Å². The van der Waals surface area contributed by atoms with Crippen LogP contribution in [-0.2, 0) is 19.5 Å². The van der Waals surface area contributed by atoms with Gasteiger partial charge >= 0.3 is 0 Å². The van der Waals surface area contributed by atoms with Crippen molar-refractivity contribution < 1.29 is 9.47 Å². The lowest BCUT2D eigenvalue weighted by Crippen LogP contribution is -2.36. The number of methoxy groups -OCH3 is 1. The monoisotopic (exact) mass is 388 g/mol. The number of aliphatic imine (C=N–C) groups is 1. The molecule has 3 rings (SSSR count). The molecule has 2 N–H and O–H groups in total. The Kier molecular flexibility index (Phi) is 6.21. The molecule has 1 atom stereocenters. The summed E-state index contributed by atoms with van der Waals surface area (Å²) in [4.78, 5) is 8.94. The van der Waals surface area contributed by atoms with Gasteiger partial charge in [-0.3, -0.25) is 4.99 Å². The predicted molar refractivity (Wildman–Crippen MR) is 110 cm³/mol. The highest BCUT2D eigenvalue weighted by molar-refractivity contribution is 7.09. The third kappa shape index (κ3) is 4.71. The van der Waals surface area contributed by atoms with Crippen molar-refractivity contribution in [3.05, 3.63) is 39.3 Å². The Morgan fingerprint density at radius 2 is 2.15 bits per heavy atom. The first-order valence-corrected chi connectivity index (χ1v) is 10.1. The SMILES string of the molecule is CN=C(NCc1nc(C(C)C)cs1)NCc1cc2c(cc1OC)CC(C)O2. The molecule has 0 fully saturated rings. The molecule has 1 aromatic heterocycles. The van der Waals surface area contributed by atoms with E-state index in [0.717, 1.165) is 40.1 Å². The van der Waals surface area contributed by atoms with Crippen LogP contribution >= 0.6 is 11.3 Å². The quantitative estimate of drug-likeness (QED) is 0.586. The molecule has 1 aromatic carbocycles. The number of guanidine groups is 1. The predicted octanol–water partition coefficient (Wildman–Crippen LogP) is 3.46. The molecular formula is C20H28N4O2S. The van der Waals surface area contributed by atoms with E-state index in [0.29, 0.717) is 19.0 Å². The van der Waals surface area contributed by atoms with Crippen LogP contribution in [0.3, 0.4) is 0 Å². The maximum absolute atomic E-state index is 5.87. The second-order valence-electron chi connectivity index (χ2n) is 7.00. The molecule has 6 nitrogen and oxygen atoms in total. The number of benzene rings is 1. The molecule has 0 bridgehead atoms. The third-order valence-electron chi connectivity index (χ3n) is 4.54. The van der Waals surface area contributed by atoms with Gasteiger partial charge in [-0.05, 0) is 25.0 Å². The molecule has 0 aliphatic carbocycles. The van der Waals surface area contributed by atoms with E-state index in [9.17, 15) is 0 Å². The molecule has 0 saturated carbocycles. The fraction of sp³-hybridized carbons (Fsp3) is 0.500. The summed E-state index contributed by atoms with van der Waals surface area (Å²) in [5.74, 6) is 3.00. The molecule has 0 spiro atoms. The summed E-state index contributed by atoms with van der Waals surface area (Å²) in [5, 5.41) is 9.84. The molecule has 0 saturated heterocycles. The summed E-state index contributed by atoms with van der Waals surface area (Å²) in [5.41, 5.74) is 3.39. The standard InChI is InChI=1S/C20H28N4O2S/c1-12(2)16-11-27-19(24-16)10-23-20(21-4)22-9-15-8-18-14(6-13(3)26-18)7-17(15)25-5/h7-8,11-13H,6,9-10H2,1-5H3,(H2,21,22,23). The molecule has 1 unspecified atom stereocenters. The zero-order chi connectivity index (χ0) is 19.4. The zero-order valence-corrected chi connectivity index (χ0v) is 17.4. The highest BCUT2D eigenvalue weighted by Crippen LogP contribution is 2.34. The maximum Gasteiger partial charge on any atom is 0.191 e. The first-order chi connectivity index (χ1) is 13.0. The van der Waals surface area contributed by atoms with Gasteiger partial charge in [-0.15, -0.1) is 11.3 Å². The van der Waals surface area contributed by atoms with Crippen molar-refractivity contribution in [1.82, 2.24) is 15.6 Å². The molecule has 1 aliphatic rings. The lowest BCUT2D eigenvalue weighted by molar-refractivity contribution is 0.254. The molecule has 7 heteroatoms. The Bertz CT molecular complexity index is 816. The van der Waals surface area contributed by atoms with Crippen LogP contribution in [0.5, 0.6) is 11.5 Å². The van der Waals surface area contributed by atoms with E-state index < -0.39 is 0 Å². The number of nitrogens with one attached hydrogen (secondary N) is 2. The van der Waals surface area contributed by atoms with Crippen LogP contribution in [0.15, 0.2) is 22.5 Å². The minimum absolute atomic E-state index is 0.219. The highest BCUT2D eigenvalue weighted by atomic mass is 32.1. The van der Waals surface area contributed by atoms with Crippen LogP contribution in [0.2, 0.25) is 0 Å². The molecule has 27 heavy (non-hydrogen) atoms. The van der Waals surface area contributed by atoms with Gasteiger partial charge in [0.05, 0.1) is 19.3 Å². The van der Waals surface area contributed by atoms with Gasteiger partial charge in [-0.2, -0.15) is 0 Å². The number of hydrogen-bond acceptors (Lipinski definition) is 5. The van der Waals surface area contributed by atoms with Crippen molar-refractivity contribution in [1.29, 1.82) is 0 Å². The second kappa shape index (κ2) is 8.61. The van der Waals surface area contributed by atoms with Gasteiger partial charge in [0, 0.05) is 36.5 Å². The van der Waals surface area contributed by atoms with Crippen molar-refractivity contribution in [2.24, 2.45) is 4.99 Å². The van der Waals surface area contributed by atoms with Crippen LogP contribution in [0, 0.1) is 0 Å². The van der Waals surface area contributed by atoms with Crippen LogP contribution in [0.4, 0.5) is 0 Å².